The monoisotopic (exact) mass is 463 g/mol. The molecule has 3 spiro atoms. The highest BCUT2D eigenvalue weighted by Crippen LogP contribution is 2.81. The van der Waals surface area contributed by atoms with Crippen LogP contribution in [-0.2, 0) is 28.5 Å². The van der Waals surface area contributed by atoms with E-state index < -0.39 is 22.7 Å². The second-order valence-corrected chi connectivity index (χ2v) is 11.9. The normalized spacial score (nSPS) is 60.3. The number of hydrogen-bond acceptors (Lipinski definition) is 8. The third-order valence-electron chi connectivity index (χ3n) is 11.5. The molecule has 184 valence electrons. The first-order valence-corrected chi connectivity index (χ1v) is 12.7. The molecule has 1 N–H and O–H groups in total. The first kappa shape index (κ1) is 21.7. The molecule has 2 saturated heterocycles. The second-order valence-electron chi connectivity index (χ2n) is 11.9. The average Bonchev–Trinajstić information content (AvgIpc) is 3.35. The first-order chi connectivity index (χ1) is 15.9. The third kappa shape index (κ3) is 1.93. The minimum atomic E-state index is -1.10. The van der Waals surface area contributed by atoms with Crippen LogP contribution in [0.15, 0.2) is 0 Å². The number of nitrogens with zero attached hydrogens (tertiary/aromatic N) is 1. The number of ketones is 1. The predicted octanol–water partition coefficient (Wildman–Crippen LogP) is 0.845. The van der Waals surface area contributed by atoms with Gasteiger partial charge in [-0.3, -0.25) is 9.69 Å². The summed E-state index contributed by atoms with van der Waals surface area (Å²) in [7, 11) is 5.27. The Labute approximate surface area is 195 Å². The number of rotatable bonds is 5. The van der Waals surface area contributed by atoms with Gasteiger partial charge in [0.15, 0.2) is 11.4 Å². The standard InChI is InChI=1S/C25H37NO7/c1-5-26-10-22(11-29-2)7-6-16(31-4)24-14-8-13-15(30-3)9-23(17(14)18(13)27)25(21(24)26,33-12-32-23)20(28)19(22)24/h13-19,21,27H,5-12H2,1-4H3/t13-,14-,15+,16+,17-,18+,19-,21+,22+,23-,24+,25-/m1/s1. The van der Waals surface area contributed by atoms with E-state index in [0.29, 0.717) is 13.0 Å². The number of piperidine rings is 1. The molecular formula is C25H37NO7. The lowest BCUT2D eigenvalue weighted by Gasteiger charge is -2.69. The van der Waals surface area contributed by atoms with Crippen molar-refractivity contribution in [3.8, 4) is 0 Å². The van der Waals surface area contributed by atoms with Crippen LogP contribution < -0.4 is 0 Å². The van der Waals surface area contributed by atoms with Gasteiger partial charge in [-0.2, -0.15) is 0 Å². The molecule has 8 nitrogen and oxygen atoms in total. The minimum Gasteiger partial charge on any atom is -0.392 e. The van der Waals surface area contributed by atoms with E-state index in [4.69, 9.17) is 23.7 Å². The van der Waals surface area contributed by atoms with E-state index in [9.17, 15) is 9.90 Å². The molecule has 12 atom stereocenters. The maximum Gasteiger partial charge on any atom is 0.174 e. The Hall–Kier alpha value is -0.610. The lowest BCUT2D eigenvalue weighted by molar-refractivity contribution is -0.285. The molecule has 7 aliphatic rings. The highest BCUT2D eigenvalue weighted by Gasteiger charge is 2.93. The lowest BCUT2D eigenvalue weighted by Crippen LogP contribution is -2.81. The van der Waals surface area contributed by atoms with Crippen LogP contribution in [0.5, 0.6) is 0 Å². The Morgan fingerprint density at radius 1 is 1.21 bits per heavy atom. The number of carbonyl (C=O) groups is 1. The van der Waals surface area contributed by atoms with Crippen LogP contribution in [0, 0.1) is 34.5 Å². The number of fused-ring (bicyclic) bond motifs is 1. The molecule has 2 heterocycles. The summed E-state index contributed by atoms with van der Waals surface area (Å²) >= 11 is 0. The van der Waals surface area contributed by atoms with Crippen molar-refractivity contribution >= 4 is 5.78 Å². The highest BCUT2D eigenvalue weighted by atomic mass is 16.7. The fourth-order valence-corrected chi connectivity index (χ4v) is 11.1. The highest BCUT2D eigenvalue weighted by molar-refractivity contribution is 5.98. The maximum absolute atomic E-state index is 14.9. The van der Waals surface area contributed by atoms with Gasteiger partial charge in [0.25, 0.3) is 0 Å². The lowest BCUT2D eigenvalue weighted by atomic mass is 9.42. The van der Waals surface area contributed by atoms with E-state index >= 15 is 0 Å². The molecule has 2 aliphatic heterocycles. The average molecular weight is 464 g/mol. The van der Waals surface area contributed by atoms with Crippen LogP contribution in [-0.4, -0.2) is 99.2 Å². The van der Waals surface area contributed by atoms with Crippen LogP contribution in [0.2, 0.25) is 0 Å². The molecule has 0 aromatic heterocycles. The van der Waals surface area contributed by atoms with E-state index in [1.165, 1.54) is 0 Å². The third-order valence-corrected chi connectivity index (χ3v) is 11.5. The number of hydrogen-bond donors (Lipinski definition) is 1. The van der Waals surface area contributed by atoms with Crippen molar-refractivity contribution in [1.29, 1.82) is 0 Å². The molecule has 8 heteroatoms. The zero-order valence-corrected chi connectivity index (χ0v) is 20.1. The quantitative estimate of drug-likeness (QED) is 0.642. The van der Waals surface area contributed by atoms with E-state index in [2.05, 4.69) is 11.8 Å². The van der Waals surface area contributed by atoms with Crippen LogP contribution in [0.3, 0.4) is 0 Å². The Kier molecular flexibility index (Phi) is 4.32. The zero-order valence-electron chi connectivity index (χ0n) is 20.1. The van der Waals surface area contributed by atoms with Crippen molar-refractivity contribution in [2.24, 2.45) is 34.5 Å². The summed E-state index contributed by atoms with van der Waals surface area (Å²) in [5.41, 5.74) is -2.65. The van der Waals surface area contributed by atoms with Gasteiger partial charge < -0.3 is 28.8 Å². The van der Waals surface area contributed by atoms with Crippen molar-refractivity contribution in [3.05, 3.63) is 0 Å². The Morgan fingerprint density at radius 2 is 2.03 bits per heavy atom. The molecule has 0 radical (unpaired) electrons. The van der Waals surface area contributed by atoms with Gasteiger partial charge in [-0.15, -0.1) is 0 Å². The number of likely N-dealkylation sites (N-methyl/N-ethyl adjacent to an activating group) is 1. The number of carbonyl (C=O) groups excluding carboxylic acids is 1. The molecule has 0 aromatic carbocycles. The number of aliphatic hydroxyl groups excluding tert-OH is 1. The topological polar surface area (TPSA) is 86.7 Å². The van der Waals surface area contributed by atoms with Crippen LogP contribution >= 0.6 is 0 Å². The Morgan fingerprint density at radius 3 is 2.73 bits per heavy atom. The molecule has 0 unspecified atom stereocenters. The number of aliphatic hydroxyl groups is 1. The Bertz CT molecular complexity index is 885. The van der Waals surface area contributed by atoms with Gasteiger partial charge in [-0.05, 0) is 31.7 Å². The fourth-order valence-electron chi connectivity index (χ4n) is 11.1. The molecule has 33 heavy (non-hydrogen) atoms. The van der Waals surface area contributed by atoms with Gasteiger partial charge in [0.05, 0.1) is 31.0 Å². The van der Waals surface area contributed by atoms with Crippen molar-refractivity contribution in [1.82, 2.24) is 4.90 Å². The van der Waals surface area contributed by atoms with Crippen LogP contribution in [0.1, 0.15) is 32.6 Å². The van der Waals surface area contributed by atoms with Crippen molar-refractivity contribution in [2.75, 3.05) is 47.8 Å². The number of methoxy groups -OCH3 is 3. The van der Waals surface area contributed by atoms with Gasteiger partial charge in [-0.25, -0.2) is 0 Å². The number of Topliss-reactive ketones (excluding diaryl/α,β-unsaturated/α-hetero) is 1. The summed E-state index contributed by atoms with van der Waals surface area (Å²) in [5.74, 6) is -0.0147. The van der Waals surface area contributed by atoms with Crippen LogP contribution in [0.25, 0.3) is 0 Å². The number of ether oxygens (including phenoxy) is 5. The first-order valence-electron chi connectivity index (χ1n) is 12.7. The summed E-state index contributed by atoms with van der Waals surface area (Å²) in [4.78, 5) is 17.4. The van der Waals surface area contributed by atoms with Crippen molar-refractivity contribution in [2.45, 2.75) is 68.2 Å². The largest absolute Gasteiger partial charge is 0.392 e. The molecule has 5 saturated carbocycles. The summed E-state index contributed by atoms with van der Waals surface area (Å²) < 4.78 is 31.3. The summed E-state index contributed by atoms with van der Waals surface area (Å²) in [6.45, 7) is 4.48. The SMILES string of the molecule is CCN1C[C@]2(COC)CC[C@H](OC)[C@@]34[C@@H]5C[C@H]6[C@H](O)[C@@H]5[C@@]5(C[C@@H]6OC)OCO[C@]5(C(=O)[C@H]23)[C@@H]14. The maximum atomic E-state index is 14.9. The molecular weight excluding hydrogens is 426 g/mol. The molecule has 7 fully saturated rings. The molecule has 0 aromatic rings. The van der Waals surface area contributed by atoms with Gasteiger partial charge in [0.2, 0.25) is 0 Å². The second kappa shape index (κ2) is 6.58. The summed E-state index contributed by atoms with van der Waals surface area (Å²) in [6.07, 6.45) is 2.47. The summed E-state index contributed by atoms with van der Waals surface area (Å²) in [5, 5.41) is 11.7. The van der Waals surface area contributed by atoms with Crippen molar-refractivity contribution < 1.29 is 33.6 Å². The molecule has 0 amide bonds. The molecule has 7 rings (SSSR count). The van der Waals surface area contributed by atoms with E-state index in [-0.39, 0.29) is 59.9 Å². The van der Waals surface area contributed by atoms with E-state index in [1.807, 2.05) is 0 Å². The number of likely N-dealkylation sites (tertiary alicyclic amines) is 1. The zero-order chi connectivity index (χ0) is 23.0. The summed E-state index contributed by atoms with van der Waals surface area (Å²) in [6, 6.07) is -0.118. The molecule has 5 aliphatic carbocycles. The minimum absolute atomic E-state index is 0.0489. The van der Waals surface area contributed by atoms with Crippen molar-refractivity contribution in [3.63, 3.8) is 0 Å². The van der Waals surface area contributed by atoms with Crippen LogP contribution in [0.4, 0.5) is 0 Å². The Balaban J connectivity index is 1.56. The van der Waals surface area contributed by atoms with E-state index in [0.717, 1.165) is 32.4 Å². The van der Waals surface area contributed by atoms with Gasteiger partial charge in [-0.1, -0.05) is 6.92 Å². The fraction of sp³-hybridized carbons (Fsp3) is 0.960. The van der Waals surface area contributed by atoms with Gasteiger partial charge in [0.1, 0.15) is 12.4 Å². The van der Waals surface area contributed by atoms with E-state index in [1.54, 1.807) is 21.3 Å². The smallest absolute Gasteiger partial charge is 0.174 e. The van der Waals surface area contributed by atoms with Gasteiger partial charge >= 0.3 is 0 Å². The molecule has 7 bridgehead atoms. The van der Waals surface area contributed by atoms with Gasteiger partial charge in [0, 0.05) is 62.9 Å². The predicted molar refractivity (Wildman–Crippen MR) is 115 cm³/mol.